The molecular weight excluding hydrogens is 394 g/mol. The van der Waals surface area contributed by atoms with E-state index in [1.807, 2.05) is 0 Å². The lowest BCUT2D eigenvalue weighted by molar-refractivity contribution is -0.143. The summed E-state index contributed by atoms with van der Waals surface area (Å²) in [5.41, 5.74) is 0.927. The number of rotatable bonds is 8. The Hall–Kier alpha value is -2.42. The van der Waals surface area contributed by atoms with E-state index in [2.05, 4.69) is 31.3 Å². The van der Waals surface area contributed by atoms with Gasteiger partial charge in [-0.25, -0.2) is 4.79 Å². The van der Waals surface area contributed by atoms with Gasteiger partial charge in [0.15, 0.2) is 5.69 Å². The van der Waals surface area contributed by atoms with Gasteiger partial charge in [-0.15, -0.1) is 5.10 Å². The van der Waals surface area contributed by atoms with Crippen molar-refractivity contribution in [1.82, 2.24) is 15.4 Å². The first-order chi connectivity index (χ1) is 12.1. The molecule has 1 N–H and O–H groups in total. The molecule has 0 aliphatic carbocycles. The van der Waals surface area contributed by atoms with E-state index in [4.69, 9.17) is 14.2 Å². The summed E-state index contributed by atoms with van der Waals surface area (Å²) in [6.45, 7) is 4.14. The maximum atomic E-state index is 12.0. The van der Waals surface area contributed by atoms with Crippen LogP contribution in [0.2, 0.25) is 0 Å². The molecule has 0 saturated carbocycles. The lowest BCUT2D eigenvalue weighted by Gasteiger charge is -2.11. The number of H-pyrrole nitrogens is 1. The van der Waals surface area contributed by atoms with Crippen LogP contribution in [0.1, 0.15) is 30.8 Å². The fourth-order valence-electron chi connectivity index (χ4n) is 2.05. The van der Waals surface area contributed by atoms with Gasteiger partial charge in [-0.05, 0) is 32.0 Å². The van der Waals surface area contributed by atoms with Crippen molar-refractivity contribution in [2.75, 3.05) is 19.8 Å². The van der Waals surface area contributed by atoms with Crippen LogP contribution in [0.4, 0.5) is 0 Å². The van der Waals surface area contributed by atoms with Crippen molar-refractivity contribution in [3.8, 4) is 17.0 Å². The number of aromatic nitrogens is 3. The van der Waals surface area contributed by atoms with E-state index < -0.39 is 5.97 Å². The number of benzene rings is 1. The second-order valence-corrected chi connectivity index (χ2v) is 5.70. The summed E-state index contributed by atoms with van der Waals surface area (Å²) in [7, 11) is 0. The number of halogens is 1. The Bertz CT molecular complexity index is 747. The van der Waals surface area contributed by atoms with Gasteiger partial charge in [0.05, 0.1) is 26.2 Å². The monoisotopic (exact) mass is 411 g/mol. The number of nitrogens with zero attached hydrogens (tertiary/aromatic N) is 2. The van der Waals surface area contributed by atoms with Gasteiger partial charge in [0.1, 0.15) is 11.4 Å². The molecule has 2 aromatic rings. The average Bonchev–Trinajstić information content (AvgIpc) is 3.06. The number of hydrogen-bond acceptors (Lipinski definition) is 7. The number of nitrogens with one attached hydrogen (secondary N) is 1. The van der Waals surface area contributed by atoms with Crippen LogP contribution in [0.25, 0.3) is 11.3 Å². The van der Waals surface area contributed by atoms with Crippen molar-refractivity contribution >= 4 is 27.9 Å². The quantitative estimate of drug-likeness (QED) is 0.665. The van der Waals surface area contributed by atoms with E-state index in [9.17, 15) is 9.59 Å². The van der Waals surface area contributed by atoms with E-state index in [-0.39, 0.29) is 31.3 Å². The Kier molecular flexibility index (Phi) is 6.93. The van der Waals surface area contributed by atoms with Crippen LogP contribution in [0.15, 0.2) is 22.7 Å². The minimum absolute atomic E-state index is 0.0650. The molecule has 0 atom stereocenters. The zero-order valence-electron chi connectivity index (χ0n) is 13.9. The van der Waals surface area contributed by atoms with Gasteiger partial charge in [-0.2, -0.15) is 10.3 Å². The molecule has 0 fully saturated rings. The highest BCUT2D eigenvalue weighted by molar-refractivity contribution is 9.10. The summed E-state index contributed by atoms with van der Waals surface area (Å²) >= 11 is 3.38. The first kappa shape index (κ1) is 18.9. The third-order valence-corrected chi connectivity index (χ3v) is 3.58. The zero-order valence-corrected chi connectivity index (χ0v) is 15.5. The highest BCUT2D eigenvalue weighted by atomic mass is 79.9. The van der Waals surface area contributed by atoms with Crippen molar-refractivity contribution in [1.29, 1.82) is 0 Å². The summed E-state index contributed by atoms with van der Waals surface area (Å²) in [6, 6.07) is 5.25. The molecule has 0 aliphatic rings. The minimum atomic E-state index is -0.580. The van der Waals surface area contributed by atoms with Gasteiger partial charge >= 0.3 is 11.9 Å². The predicted octanol–water partition coefficient (Wildman–Crippen LogP) is 2.74. The van der Waals surface area contributed by atoms with Crippen LogP contribution in [0.5, 0.6) is 5.75 Å². The van der Waals surface area contributed by atoms with Gasteiger partial charge in [-0.3, -0.25) is 4.79 Å². The Labute approximate surface area is 153 Å². The van der Waals surface area contributed by atoms with Crippen molar-refractivity contribution in [3.63, 3.8) is 0 Å². The van der Waals surface area contributed by atoms with Gasteiger partial charge in [0.25, 0.3) is 0 Å². The third-order valence-electron chi connectivity index (χ3n) is 3.08. The molecule has 0 unspecified atom stereocenters. The number of carbonyl (C=O) groups is 2. The van der Waals surface area contributed by atoms with Crippen LogP contribution in [-0.4, -0.2) is 47.2 Å². The fourth-order valence-corrected chi connectivity index (χ4v) is 2.41. The van der Waals surface area contributed by atoms with Gasteiger partial charge < -0.3 is 14.2 Å². The number of aromatic amines is 1. The molecule has 0 bridgehead atoms. The zero-order chi connectivity index (χ0) is 18.2. The molecule has 2 rings (SSSR count). The van der Waals surface area contributed by atoms with E-state index in [0.717, 1.165) is 4.47 Å². The molecule has 0 saturated heterocycles. The minimum Gasteiger partial charge on any atom is -0.492 e. The van der Waals surface area contributed by atoms with Crippen LogP contribution in [0, 0.1) is 0 Å². The highest BCUT2D eigenvalue weighted by Gasteiger charge is 2.22. The first-order valence-electron chi connectivity index (χ1n) is 7.73. The van der Waals surface area contributed by atoms with Gasteiger partial charge in [-0.1, -0.05) is 15.9 Å². The second kappa shape index (κ2) is 9.16. The molecule has 9 heteroatoms. The molecule has 1 heterocycles. The largest absolute Gasteiger partial charge is 0.492 e. The van der Waals surface area contributed by atoms with E-state index >= 15 is 0 Å². The molecule has 0 radical (unpaired) electrons. The number of carbonyl (C=O) groups excluding carboxylic acids is 2. The summed E-state index contributed by atoms with van der Waals surface area (Å²) in [6.07, 6.45) is 0.118. The number of hydrogen-bond donors (Lipinski definition) is 1. The Morgan fingerprint density at radius 3 is 2.64 bits per heavy atom. The molecule has 25 heavy (non-hydrogen) atoms. The Balaban J connectivity index is 2.23. The highest BCUT2D eigenvalue weighted by Crippen LogP contribution is 2.33. The maximum Gasteiger partial charge on any atom is 0.361 e. The Morgan fingerprint density at radius 1 is 1.16 bits per heavy atom. The average molecular weight is 412 g/mol. The summed E-state index contributed by atoms with van der Waals surface area (Å²) in [4.78, 5) is 23.4. The number of ether oxygens (including phenoxy) is 3. The van der Waals surface area contributed by atoms with Crippen LogP contribution < -0.4 is 4.74 Å². The summed E-state index contributed by atoms with van der Waals surface area (Å²) < 4.78 is 16.3. The SMILES string of the molecule is CCOC(=O)CCOc1ccc(Br)cc1-c1n[nH]nc1C(=O)OCC. The predicted molar refractivity (Wildman–Crippen MR) is 92.2 cm³/mol. The van der Waals surface area contributed by atoms with E-state index in [1.165, 1.54) is 0 Å². The topological polar surface area (TPSA) is 103 Å². The second-order valence-electron chi connectivity index (χ2n) is 4.79. The number of esters is 2. The standard InChI is InChI=1S/C16H18BrN3O5/c1-3-23-13(21)7-8-25-12-6-5-10(17)9-11(12)14-15(19-20-18-14)16(22)24-4-2/h5-6,9H,3-4,7-8H2,1-2H3,(H,18,19,20). The molecule has 0 spiro atoms. The fraction of sp³-hybridized carbons (Fsp3) is 0.375. The molecule has 0 amide bonds. The third kappa shape index (κ3) is 5.02. The van der Waals surface area contributed by atoms with Gasteiger partial charge in [0.2, 0.25) is 0 Å². The van der Waals surface area contributed by atoms with Crippen LogP contribution in [-0.2, 0) is 14.3 Å². The molecule has 1 aromatic heterocycles. The maximum absolute atomic E-state index is 12.0. The molecule has 1 aromatic carbocycles. The molecule has 0 aliphatic heterocycles. The lowest BCUT2D eigenvalue weighted by Crippen LogP contribution is -2.10. The first-order valence-corrected chi connectivity index (χ1v) is 8.52. The lowest BCUT2D eigenvalue weighted by atomic mass is 10.1. The molecule has 134 valence electrons. The summed E-state index contributed by atoms with van der Waals surface area (Å²) in [5.74, 6) is -0.453. The van der Waals surface area contributed by atoms with Crippen LogP contribution in [0.3, 0.4) is 0 Å². The van der Waals surface area contributed by atoms with Gasteiger partial charge in [0, 0.05) is 10.0 Å². The van der Waals surface area contributed by atoms with E-state index in [1.54, 1.807) is 32.0 Å². The molecular formula is C16H18BrN3O5. The Morgan fingerprint density at radius 2 is 1.92 bits per heavy atom. The summed E-state index contributed by atoms with van der Waals surface area (Å²) in [5, 5.41) is 10.3. The van der Waals surface area contributed by atoms with Crippen molar-refractivity contribution in [2.24, 2.45) is 0 Å². The van der Waals surface area contributed by atoms with E-state index in [0.29, 0.717) is 23.6 Å². The van der Waals surface area contributed by atoms with Crippen LogP contribution >= 0.6 is 15.9 Å². The smallest absolute Gasteiger partial charge is 0.361 e. The normalized spacial score (nSPS) is 10.4. The molecule has 8 nitrogen and oxygen atoms in total. The van der Waals surface area contributed by atoms with Crippen molar-refractivity contribution in [2.45, 2.75) is 20.3 Å². The van der Waals surface area contributed by atoms with Crippen molar-refractivity contribution < 1.29 is 23.8 Å². The van der Waals surface area contributed by atoms with Crippen molar-refractivity contribution in [3.05, 3.63) is 28.4 Å².